The van der Waals surface area contributed by atoms with E-state index >= 15 is 0 Å². The summed E-state index contributed by atoms with van der Waals surface area (Å²) in [6.07, 6.45) is 0. The van der Waals surface area contributed by atoms with Crippen LogP contribution < -0.4 is 5.73 Å². The minimum Gasteiger partial charge on any atom is -0.369 e. The van der Waals surface area contributed by atoms with Crippen LogP contribution in [-0.4, -0.2) is 9.55 Å². The van der Waals surface area contributed by atoms with E-state index in [2.05, 4.69) is 11.1 Å². The van der Waals surface area contributed by atoms with Crippen LogP contribution in [0.3, 0.4) is 0 Å². The number of hydrogen-bond donors (Lipinski definition) is 1. The van der Waals surface area contributed by atoms with Gasteiger partial charge < -0.3 is 5.73 Å². The Hall–Kier alpha value is -2.58. The lowest BCUT2D eigenvalue weighted by Crippen LogP contribution is -2.02. The first kappa shape index (κ1) is 13.4. The van der Waals surface area contributed by atoms with Crippen molar-refractivity contribution in [1.29, 1.82) is 5.26 Å². The number of halogens is 2. The average molecular weight is 301 g/mol. The van der Waals surface area contributed by atoms with Crippen LogP contribution in [-0.2, 0) is 0 Å². The van der Waals surface area contributed by atoms with Crippen molar-refractivity contribution in [2.75, 3.05) is 5.73 Å². The van der Waals surface area contributed by atoms with E-state index in [1.165, 1.54) is 6.07 Å². The number of aryl methyl sites for hydroxylation is 1. The SMILES string of the molecule is Cc1cc2c(cc1F)nc(N)n2-c1cc(C#N)ccc1Cl. The van der Waals surface area contributed by atoms with Crippen LogP contribution in [0.25, 0.3) is 16.7 Å². The van der Waals surface area contributed by atoms with Gasteiger partial charge in [-0.15, -0.1) is 0 Å². The zero-order valence-corrected chi connectivity index (χ0v) is 11.8. The van der Waals surface area contributed by atoms with Gasteiger partial charge >= 0.3 is 0 Å². The molecule has 0 saturated heterocycles. The standard InChI is InChI=1S/C15H10ClFN4/c1-8-4-14-12(6-11(8)17)20-15(19)21(14)13-5-9(7-18)2-3-10(13)16/h2-6H,1H3,(H2,19,20). The van der Waals surface area contributed by atoms with Crippen molar-refractivity contribution in [2.45, 2.75) is 6.92 Å². The molecular weight excluding hydrogens is 291 g/mol. The molecule has 1 heterocycles. The Bertz CT molecular complexity index is 908. The zero-order valence-electron chi connectivity index (χ0n) is 11.1. The molecule has 104 valence electrons. The summed E-state index contributed by atoms with van der Waals surface area (Å²) in [5, 5.41) is 9.45. The third-order valence-corrected chi connectivity index (χ3v) is 3.60. The molecule has 4 nitrogen and oxygen atoms in total. The van der Waals surface area contributed by atoms with Gasteiger partial charge in [0.2, 0.25) is 5.95 Å². The molecule has 1 aromatic heterocycles. The second-order valence-corrected chi connectivity index (χ2v) is 5.08. The molecule has 3 aromatic rings. The van der Waals surface area contributed by atoms with Gasteiger partial charge in [-0.05, 0) is 36.8 Å². The molecule has 0 aliphatic heterocycles. The molecule has 0 fully saturated rings. The smallest absolute Gasteiger partial charge is 0.205 e. The highest BCUT2D eigenvalue weighted by Gasteiger charge is 2.15. The maximum atomic E-state index is 13.6. The molecule has 0 spiro atoms. The Morgan fingerprint density at radius 2 is 2.10 bits per heavy atom. The molecule has 2 aromatic carbocycles. The highest BCUT2D eigenvalue weighted by Crippen LogP contribution is 2.30. The fourth-order valence-corrected chi connectivity index (χ4v) is 2.43. The number of nitrogen functional groups attached to an aromatic ring is 1. The summed E-state index contributed by atoms with van der Waals surface area (Å²) >= 11 is 6.20. The van der Waals surface area contributed by atoms with Gasteiger partial charge in [0.15, 0.2) is 0 Å². The number of rotatable bonds is 1. The highest BCUT2D eigenvalue weighted by molar-refractivity contribution is 6.32. The summed E-state index contributed by atoms with van der Waals surface area (Å²) in [5.74, 6) is -0.156. The fraction of sp³-hybridized carbons (Fsp3) is 0.0667. The molecule has 0 saturated carbocycles. The molecular formula is C15H10ClFN4. The van der Waals surface area contributed by atoms with Gasteiger partial charge in [0.1, 0.15) is 5.82 Å². The summed E-state index contributed by atoms with van der Waals surface area (Å²) in [5.41, 5.74) is 8.49. The van der Waals surface area contributed by atoms with Crippen molar-refractivity contribution in [3.63, 3.8) is 0 Å². The first-order chi connectivity index (χ1) is 10.0. The lowest BCUT2D eigenvalue weighted by atomic mass is 10.2. The molecule has 3 rings (SSSR count). The average Bonchev–Trinajstić information content (AvgIpc) is 2.75. The van der Waals surface area contributed by atoms with Crippen molar-refractivity contribution in [3.8, 4) is 11.8 Å². The molecule has 0 unspecified atom stereocenters. The Balaban J connectivity index is 2.38. The quantitative estimate of drug-likeness (QED) is 0.747. The third kappa shape index (κ3) is 2.10. The summed E-state index contributed by atoms with van der Waals surface area (Å²) in [6.45, 7) is 1.66. The van der Waals surface area contributed by atoms with Crippen molar-refractivity contribution < 1.29 is 4.39 Å². The number of benzene rings is 2. The van der Waals surface area contributed by atoms with Crippen molar-refractivity contribution in [2.24, 2.45) is 0 Å². The highest BCUT2D eigenvalue weighted by atomic mass is 35.5. The predicted molar refractivity (Wildman–Crippen MR) is 79.9 cm³/mol. The van der Waals surface area contributed by atoms with E-state index in [0.717, 1.165) is 0 Å². The topological polar surface area (TPSA) is 67.6 Å². The lowest BCUT2D eigenvalue weighted by molar-refractivity contribution is 0.620. The number of nitrogens with two attached hydrogens (primary N) is 1. The second-order valence-electron chi connectivity index (χ2n) is 4.67. The molecule has 0 bridgehead atoms. The molecule has 6 heteroatoms. The lowest BCUT2D eigenvalue weighted by Gasteiger charge is -2.09. The Morgan fingerprint density at radius 1 is 1.33 bits per heavy atom. The van der Waals surface area contributed by atoms with Gasteiger partial charge in [0.25, 0.3) is 0 Å². The van der Waals surface area contributed by atoms with Crippen molar-refractivity contribution >= 4 is 28.6 Å². The van der Waals surface area contributed by atoms with Gasteiger partial charge in [-0.1, -0.05) is 11.6 Å². The van der Waals surface area contributed by atoms with E-state index in [4.69, 9.17) is 22.6 Å². The van der Waals surface area contributed by atoms with E-state index in [1.54, 1.807) is 35.8 Å². The molecule has 0 radical (unpaired) electrons. The van der Waals surface area contributed by atoms with Crippen LogP contribution in [0, 0.1) is 24.1 Å². The molecule has 21 heavy (non-hydrogen) atoms. The number of anilines is 1. The van der Waals surface area contributed by atoms with E-state index in [1.807, 2.05) is 0 Å². The minimum absolute atomic E-state index is 0.187. The number of fused-ring (bicyclic) bond motifs is 1. The Labute approximate surface area is 125 Å². The van der Waals surface area contributed by atoms with Crippen LogP contribution in [0.2, 0.25) is 5.02 Å². The number of hydrogen-bond acceptors (Lipinski definition) is 3. The van der Waals surface area contributed by atoms with E-state index < -0.39 is 0 Å². The van der Waals surface area contributed by atoms with Crippen LogP contribution in [0.5, 0.6) is 0 Å². The molecule has 0 aliphatic carbocycles. The summed E-state index contributed by atoms with van der Waals surface area (Å²) < 4.78 is 15.2. The first-order valence-electron chi connectivity index (χ1n) is 6.15. The number of aromatic nitrogens is 2. The maximum absolute atomic E-state index is 13.6. The monoisotopic (exact) mass is 300 g/mol. The third-order valence-electron chi connectivity index (χ3n) is 3.28. The van der Waals surface area contributed by atoms with Crippen LogP contribution in [0.1, 0.15) is 11.1 Å². The number of nitrogens with zero attached hydrogens (tertiary/aromatic N) is 3. The van der Waals surface area contributed by atoms with Gasteiger partial charge in [-0.25, -0.2) is 9.37 Å². The van der Waals surface area contributed by atoms with Crippen LogP contribution in [0.15, 0.2) is 30.3 Å². The van der Waals surface area contributed by atoms with E-state index in [-0.39, 0.29) is 11.8 Å². The van der Waals surface area contributed by atoms with E-state index in [9.17, 15) is 4.39 Å². The zero-order chi connectivity index (χ0) is 15.1. The summed E-state index contributed by atoms with van der Waals surface area (Å²) in [4.78, 5) is 4.15. The fourth-order valence-electron chi connectivity index (χ4n) is 2.23. The van der Waals surface area contributed by atoms with Gasteiger partial charge in [0.05, 0.1) is 33.4 Å². The van der Waals surface area contributed by atoms with Crippen molar-refractivity contribution in [1.82, 2.24) is 9.55 Å². The van der Waals surface area contributed by atoms with Gasteiger partial charge in [0, 0.05) is 6.07 Å². The molecule has 0 atom stereocenters. The Kier molecular flexibility index (Phi) is 3.04. The second kappa shape index (κ2) is 4.76. The molecule has 2 N–H and O–H groups in total. The Morgan fingerprint density at radius 3 is 2.81 bits per heavy atom. The summed E-state index contributed by atoms with van der Waals surface area (Å²) in [7, 11) is 0. The van der Waals surface area contributed by atoms with Gasteiger partial charge in [-0.2, -0.15) is 5.26 Å². The van der Waals surface area contributed by atoms with Crippen molar-refractivity contribution in [3.05, 3.63) is 52.3 Å². The first-order valence-corrected chi connectivity index (χ1v) is 6.53. The largest absolute Gasteiger partial charge is 0.369 e. The van der Waals surface area contributed by atoms with E-state index in [0.29, 0.717) is 32.9 Å². The van der Waals surface area contributed by atoms with Crippen LogP contribution in [0.4, 0.5) is 10.3 Å². The molecule has 0 amide bonds. The summed E-state index contributed by atoms with van der Waals surface area (Å²) in [6, 6.07) is 9.90. The van der Waals surface area contributed by atoms with Crippen LogP contribution >= 0.6 is 11.6 Å². The number of imidazole rings is 1. The minimum atomic E-state index is -0.343. The van der Waals surface area contributed by atoms with Gasteiger partial charge in [-0.3, -0.25) is 4.57 Å². The predicted octanol–water partition coefficient (Wildman–Crippen LogP) is 3.58. The maximum Gasteiger partial charge on any atom is 0.205 e. The number of nitriles is 1. The normalized spacial score (nSPS) is 10.8. The molecule has 0 aliphatic rings.